The SMILES string of the molecule is O=S([O-])NC1c2c(F)cc(Cl)cc2CC1(F)F. The van der Waals surface area contributed by atoms with Crippen molar-refractivity contribution in [3.05, 3.63) is 34.1 Å². The molecular weight excluding hydrogens is 279 g/mol. The summed E-state index contributed by atoms with van der Waals surface area (Å²) in [4.78, 5) is 0. The third-order valence-corrected chi connectivity index (χ3v) is 3.18. The van der Waals surface area contributed by atoms with Crippen LogP contribution in [0.2, 0.25) is 5.02 Å². The zero-order valence-corrected chi connectivity index (χ0v) is 9.75. The van der Waals surface area contributed by atoms with Crippen molar-refractivity contribution in [2.75, 3.05) is 0 Å². The molecule has 3 nitrogen and oxygen atoms in total. The van der Waals surface area contributed by atoms with Gasteiger partial charge in [0.25, 0.3) is 5.92 Å². The van der Waals surface area contributed by atoms with Gasteiger partial charge in [-0.15, -0.1) is 0 Å². The van der Waals surface area contributed by atoms with Crippen LogP contribution in [-0.4, -0.2) is 14.7 Å². The summed E-state index contributed by atoms with van der Waals surface area (Å²) < 4.78 is 63.1. The van der Waals surface area contributed by atoms with E-state index in [0.29, 0.717) is 0 Å². The van der Waals surface area contributed by atoms with E-state index in [0.717, 1.165) is 6.07 Å². The summed E-state index contributed by atoms with van der Waals surface area (Å²) in [7, 11) is 0. The molecule has 0 spiro atoms. The summed E-state index contributed by atoms with van der Waals surface area (Å²) in [6, 6.07) is 0.209. The number of hydrogen-bond acceptors (Lipinski definition) is 2. The van der Waals surface area contributed by atoms with Crippen LogP contribution in [0.25, 0.3) is 0 Å². The lowest BCUT2D eigenvalue weighted by molar-refractivity contribution is -0.0195. The minimum atomic E-state index is -3.37. The third kappa shape index (κ3) is 2.33. The number of rotatable bonds is 2. The van der Waals surface area contributed by atoms with Crippen LogP contribution in [0.5, 0.6) is 0 Å². The monoisotopic (exact) mass is 284 g/mol. The van der Waals surface area contributed by atoms with Crippen LogP contribution in [0.3, 0.4) is 0 Å². The topological polar surface area (TPSA) is 52.2 Å². The van der Waals surface area contributed by atoms with Gasteiger partial charge in [0, 0.05) is 28.3 Å². The van der Waals surface area contributed by atoms with Gasteiger partial charge in [-0.3, -0.25) is 4.21 Å². The summed E-state index contributed by atoms with van der Waals surface area (Å²) in [5.41, 5.74) is -0.327. The second kappa shape index (κ2) is 4.24. The first kappa shape index (κ1) is 12.8. The molecule has 1 aliphatic carbocycles. The van der Waals surface area contributed by atoms with Crippen molar-refractivity contribution < 1.29 is 21.9 Å². The van der Waals surface area contributed by atoms with Crippen molar-refractivity contribution >= 4 is 22.9 Å². The van der Waals surface area contributed by atoms with Gasteiger partial charge in [-0.25, -0.2) is 17.9 Å². The van der Waals surface area contributed by atoms with Crippen molar-refractivity contribution in [1.29, 1.82) is 0 Å². The molecule has 94 valence electrons. The quantitative estimate of drug-likeness (QED) is 0.846. The molecule has 0 amide bonds. The highest BCUT2D eigenvalue weighted by molar-refractivity contribution is 7.77. The third-order valence-electron chi connectivity index (χ3n) is 2.53. The van der Waals surface area contributed by atoms with Crippen LogP contribution in [0.15, 0.2) is 12.1 Å². The number of fused-ring (bicyclic) bond motifs is 1. The average Bonchev–Trinajstić information content (AvgIpc) is 2.36. The molecule has 17 heavy (non-hydrogen) atoms. The van der Waals surface area contributed by atoms with Crippen LogP contribution in [0.4, 0.5) is 13.2 Å². The van der Waals surface area contributed by atoms with Crippen LogP contribution >= 0.6 is 11.6 Å². The molecule has 8 heteroatoms. The highest BCUT2D eigenvalue weighted by atomic mass is 35.5. The van der Waals surface area contributed by atoms with Gasteiger partial charge in [0.2, 0.25) is 0 Å². The minimum absolute atomic E-state index is 0.000876. The molecule has 0 aliphatic heterocycles. The predicted molar refractivity (Wildman–Crippen MR) is 54.9 cm³/mol. The molecule has 0 fully saturated rings. The first-order chi connectivity index (χ1) is 7.81. The molecule has 0 aromatic heterocycles. The fourth-order valence-electron chi connectivity index (χ4n) is 1.92. The molecule has 0 heterocycles. The second-order valence-electron chi connectivity index (χ2n) is 3.68. The Labute approximate surface area is 102 Å². The van der Waals surface area contributed by atoms with E-state index in [1.807, 2.05) is 0 Å². The highest BCUT2D eigenvalue weighted by Gasteiger charge is 2.49. The maximum atomic E-state index is 13.5. The molecule has 2 rings (SSSR count). The summed E-state index contributed by atoms with van der Waals surface area (Å²) in [6.45, 7) is 0. The van der Waals surface area contributed by atoms with E-state index < -0.39 is 35.5 Å². The van der Waals surface area contributed by atoms with Crippen LogP contribution < -0.4 is 4.72 Å². The van der Waals surface area contributed by atoms with E-state index in [1.54, 1.807) is 4.72 Å². The largest absolute Gasteiger partial charge is 0.760 e. The van der Waals surface area contributed by atoms with Crippen LogP contribution in [0.1, 0.15) is 17.2 Å². The average molecular weight is 285 g/mol. The number of benzene rings is 1. The first-order valence-corrected chi connectivity index (χ1v) is 5.97. The van der Waals surface area contributed by atoms with E-state index in [4.69, 9.17) is 11.6 Å². The van der Waals surface area contributed by atoms with Crippen LogP contribution in [0, 0.1) is 5.82 Å². The first-order valence-electron chi connectivity index (χ1n) is 4.52. The lowest BCUT2D eigenvalue weighted by atomic mass is 10.1. The second-order valence-corrected chi connectivity index (χ2v) is 4.83. The summed E-state index contributed by atoms with van der Waals surface area (Å²) in [6.07, 6.45) is -0.741. The van der Waals surface area contributed by atoms with Crippen LogP contribution in [-0.2, 0) is 17.7 Å². The van der Waals surface area contributed by atoms with E-state index >= 15 is 0 Å². The van der Waals surface area contributed by atoms with Gasteiger partial charge in [-0.2, -0.15) is 0 Å². The molecule has 1 aromatic carbocycles. The zero-order valence-electron chi connectivity index (χ0n) is 8.18. The van der Waals surface area contributed by atoms with Crippen molar-refractivity contribution in [1.82, 2.24) is 4.72 Å². The summed E-state index contributed by atoms with van der Waals surface area (Å²) in [5, 5.41) is 0.000876. The number of nitrogens with one attached hydrogen (secondary N) is 1. The minimum Gasteiger partial charge on any atom is -0.760 e. The fraction of sp³-hybridized carbons (Fsp3) is 0.333. The molecule has 0 saturated heterocycles. The van der Waals surface area contributed by atoms with Crippen molar-refractivity contribution in [3.63, 3.8) is 0 Å². The summed E-state index contributed by atoms with van der Waals surface area (Å²) >= 11 is 2.65. The van der Waals surface area contributed by atoms with Gasteiger partial charge in [0.1, 0.15) is 11.9 Å². The zero-order chi connectivity index (χ0) is 12.8. The molecule has 0 bridgehead atoms. The Balaban J connectivity index is 2.51. The lowest BCUT2D eigenvalue weighted by Crippen LogP contribution is -2.35. The molecule has 2 unspecified atom stereocenters. The standard InChI is InChI=1S/C9H7ClF3NO2S/c10-5-1-4-3-9(12,13)8(14-17(15)16)7(4)6(11)2-5/h1-2,8,14H,3H2,(H,15,16)/p-1. The summed E-state index contributed by atoms with van der Waals surface area (Å²) in [5.74, 6) is -4.30. The Morgan fingerprint density at radius 3 is 2.76 bits per heavy atom. The maximum Gasteiger partial charge on any atom is 0.272 e. The molecule has 1 N–H and O–H groups in total. The van der Waals surface area contributed by atoms with Gasteiger partial charge in [-0.05, 0) is 17.7 Å². The Morgan fingerprint density at radius 2 is 2.18 bits per heavy atom. The maximum absolute atomic E-state index is 13.5. The Hall–Kier alpha value is -0.630. The molecule has 1 aromatic rings. The lowest BCUT2D eigenvalue weighted by Gasteiger charge is -2.22. The Kier molecular flexibility index (Phi) is 3.19. The van der Waals surface area contributed by atoms with Crippen molar-refractivity contribution in [3.8, 4) is 0 Å². The molecular formula is C9H6ClF3NO2S-. The van der Waals surface area contributed by atoms with E-state index in [1.165, 1.54) is 6.07 Å². The van der Waals surface area contributed by atoms with E-state index in [9.17, 15) is 21.9 Å². The molecule has 0 saturated carbocycles. The van der Waals surface area contributed by atoms with Gasteiger partial charge < -0.3 is 4.55 Å². The Bertz CT molecular complexity index is 497. The van der Waals surface area contributed by atoms with Gasteiger partial charge in [0.15, 0.2) is 0 Å². The number of alkyl halides is 2. The number of hydrogen-bond donors (Lipinski definition) is 1. The van der Waals surface area contributed by atoms with E-state index in [2.05, 4.69) is 0 Å². The molecule has 1 aliphatic rings. The molecule has 0 radical (unpaired) electrons. The molecule has 2 atom stereocenters. The number of halogens is 4. The predicted octanol–water partition coefficient (Wildman–Crippen LogP) is 2.10. The Morgan fingerprint density at radius 1 is 1.53 bits per heavy atom. The van der Waals surface area contributed by atoms with Crippen molar-refractivity contribution in [2.45, 2.75) is 18.4 Å². The van der Waals surface area contributed by atoms with E-state index in [-0.39, 0.29) is 16.1 Å². The van der Waals surface area contributed by atoms with Crippen molar-refractivity contribution in [2.24, 2.45) is 0 Å². The van der Waals surface area contributed by atoms with Gasteiger partial charge in [-0.1, -0.05) is 11.6 Å². The smallest absolute Gasteiger partial charge is 0.272 e. The van der Waals surface area contributed by atoms with Gasteiger partial charge >= 0.3 is 0 Å². The normalized spacial score (nSPS) is 23.5. The fourth-order valence-corrected chi connectivity index (χ4v) is 2.63. The highest BCUT2D eigenvalue weighted by Crippen LogP contribution is 2.45. The van der Waals surface area contributed by atoms with Gasteiger partial charge in [0.05, 0.1) is 0 Å².